The predicted octanol–water partition coefficient (Wildman–Crippen LogP) is 4.41. The largest absolute Gasteiger partial charge is 0.361 e. The zero-order chi connectivity index (χ0) is 12.7. The Morgan fingerprint density at radius 3 is 1.47 bits per heavy atom. The van der Waals surface area contributed by atoms with Crippen molar-refractivity contribution in [2.75, 3.05) is 0 Å². The zero-order valence-corrected chi connectivity index (χ0v) is 12.4. The topological polar surface area (TPSA) is 12.5 Å². The number of rotatable bonds is 0. The summed E-state index contributed by atoms with van der Waals surface area (Å²) in [6.45, 7) is 14.7. The standard InChI is InChI=1S/C16H28O/c1-11-12(2)14(5,6)16-10-8-7-9-15(16,17-16)13(11,3)4/h11-12H,7-10H2,1-6H3. The number of ether oxygens (including phenoxy) is 1. The van der Waals surface area contributed by atoms with Gasteiger partial charge < -0.3 is 4.74 Å². The Balaban J connectivity index is 2.13. The van der Waals surface area contributed by atoms with Gasteiger partial charge in [0.25, 0.3) is 0 Å². The molecule has 98 valence electrons. The molecule has 0 aromatic rings. The molecular formula is C16H28O. The van der Waals surface area contributed by atoms with Gasteiger partial charge >= 0.3 is 0 Å². The van der Waals surface area contributed by atoms with Crippen LogP contribution in [0.2, 0.25) is 0 Å². The van der Waals surface area contributed by atoms with Gasteiger partial charge in [0, 0.05) is 0 Å². The average molecular weight is 236 g/mol. The quantitative estimate of drug-likeness (QED) is 0.568. The molecule has 3 aliphatic rings. The van der Waals surface area contributed by atoms with Crippen molar-refractivity contribution in [3.05, 3.63) is 0 Å². The van der Waals surface area contributed by atoms with Crippen molar-refractivity contribution >= 4 is 0 Å². The molecule has 17 heavy (non-hydrogen) atoms. The molecule has 4 unspecified atom stereocenters. The van der Waals surface area contributed by atoms with Crippen LogP contribution < -0.4 is 0 Å². The average Bonchev–Trinajstić information content (AvgIpc) is 2.98. The van der Waals surface area contributed by atoms with Gasteiger partial charge in [-0.15, -0.1) is 0 Å². The van der Waals surface area contributed by atoms with E-state index in [0.29, 0.717) is 10.8 Å². The van der Waals surface area contributed by atoms with Gasteiger partial charge in [0.15, 0.2) is 0 Å². The minimum atomic E-state index is 0.202. The second-order valence-electron chi connectivity index (χ2n) is 7.98. The minimum Gasteiger partial charge on any atom is -0.361 e. The lowest BCUT2D eigenvalue weighted by molar-refractivity contribution is -0.0523. The van der Waals surface area contributed by atoms with Crippen molar-refractivity contribution in [1.29, 1.82) is 0 Å². The van der Waals surface area contributed by atoms with Crippen LogP contribution in [0.25, 0.3) is 0 Å². The maximum atomic E-state index is 6.59. The lowest BCUT2D eigenvalue weighted by atomic mass is 9.44. The van der Waals surface area contributed by atoms with Gasteiger partial charge in [0.1, 0.15) is 11.2 Å². The van der Waals surface area contributed by atoms with E-state index in [0.717, 1.165) is 11.8 Å². The molecule has 4 atom stereocenters. The molecule has 3 rings (SSSR count). The van der Waals surface area contributed by atoms with Gasteiger partial charge in [-0.2, -0.15) is 0 Å². The molecule has 1 aliphatic heterocycles. The van der Waals surface area contributed by atoms with Crippen LogP contribution in [0.15, 0.2) is 0 Å². The first-order chi connectivity index (χ1) is 7.73. The molecule has 0 spiro atoms. The summed E-state index contributed by atoms with van der Waals surface area (Å²) in [5.41, 5.74) is 1.08. The molecule has 0 bridgehead atoms. The van der Waals surface area contributed by atoms with Gasteiger partial charge in [-0.25, -0.2) is 0 Å². The third-order valence-corrected chi connectivity index (χ3v) is 7.38. The number of hydrogen-bond acceptors (Lipinski definition) is 1. The van der Waals surface area contributed by atoms with E-state index in [9.17, 15) is 0 Å². The monoisotopic (exact) mass is 236 g/mol. The van der Waals surface area contributed by atoms with Gasteiger partial charge in [-0.3, -0.25) is 0 Å². The first-order valence-corrected chi connectivity index (χ1v) is 7.43. The van der Waals surface area contributed by atoms with Gasteiger partial charge in [-0.05, 0) is 35.5 Å². The molecule has 0 aromatic carbocycles. The molecule has 3 fully saturated rings. The van der Waals surface area contributed by atoms with Crippen LogP contribution in [0.4, 0.5) is 0 Å². The van der Waals surface area contributed by atoms with Crippen molar-refractivity contribution in [2.45, 2.75) is 78.4 Å². The molecule has 0 N–H and O–H groups in total. The van der Waals surface area contributed by atoms with E-state index in [2.05, 4.69) is 41.5 Å². The highest BCUT2D eigenvalue weighted by atomic mass is 16.6. The third-order valence-electron chi connectivity index (χ3n) is 7.38. The van der Waals surface area contributed by atoms with E-state index in [1.807, 2.05) is 0 Å². The van der Waals surface area contributed by atoms with Gasteiger partial charge in [0.05, 0.1) is 0 Å². The number of hydrogen-bond donors (Lipinski definition) is 0. The molecule has 0 amide bonds. The Kier molecular flexibility index (Phi) is 2.07. The van der Waals surface area contributed by atoms with Crippen molar-refractivity contribution in [2.24, 2.45) is 22.7 Å². The summed E-state index contributed by atoms with van der Waals surface area (Å²) in [6.07, 6.45) is 5.31. The van der Waals surface area contributed by atoms with Crippen LogP contribution >= 0.6 is 0 Å². The first kappa shape index (κ1) is 12.0. The molecule has 0 radical (unpaired) electrons. The summed E-state index contributed by atoms with van der Waals surface area (Å²) in [7, 11) is 0. The van der Waals surface area contributed by atoms with Crippen LogP contribution in [-0.4, -0.2) is 11.2 Å². The fourth-order valence-electron chi connectivity index (χ4n) is 5.46. The molecule has 1 saturated heterocycles. The van der Waals surface area contributed by atoms with Crippen LogP contribution in [0, 0.1) is 22.7 Å². The Hall–Kier alpha value is -0.0400. The van der Waals surface area contributed by atoms with E-state index in [-0.39, 0.29) is 11.2 Å². The first-order valence-electron chi connectivity index (χ1n) is 7.43. The summed E-state index contributed by atoms with van der Waals surface area (Å²) in [5, 5.41) is 0. The molecular weight excluding hydrogens is 208 g/mol. The van der Waals surface area contributed by atoms with Gasteiger partial charge in [-0.1, -0.05) is 54.4 Å². The molecule has 2 aliphatic carbocycles. The highest BCUT2D eigenvalue weighted by Gasteiger charge is 2.84. The maximum Gasteiger partial charge on any atom is 0.104 e. The second kappa shape index (κ2) is 2.92. The lowest BCUT2D eigenvalue weighted by Gasteiger charge is -2.56. The van der Waals surface area contributed by atoms with Crippen LogP contribution in [-0.2, 0) is 4.74 Å². The van der Waals surface area contributed by atoms with E-state index < -0.39 is 0 Å². The van der Waals surface area contributed by atoms with Crippen LogP contribution in [0.5, 0.6) is 0 Å². The fraction of sp³-hybridized carbons (Fsp3) is 1.00. The van der Waals surface area contributed by atoms with Crippen molar-refractivity contribution in [3.63, 3.8) is 0 Å². The van der Waals surface area contributed by atoms with Gasteiger partial charge in [0.2, 0.25) is 0 Å². The Morgan fingerprint density at radius 1 is 0.765 bits per heavy atom. The third kappa shape index (κ3) is 0.993. The van der Waals surface area contributed by atoms with Crippen LogP contribution in [0.1, 0.15) is 67.2 Å². The maximum absolute atomic E-state index is 6.59. The summed E-state index contributed by atoms with van der Waals surface area (Å²) in [6, 6.07) is 0. The number of epoxide rings is 1. The summed E-state index contributed by atoms with van der Waals surface area (Å²) >= 11 is 0. The van der Waals surface area contributed by atoms with E-state index in [4.69, 9.17) is 4.74 Å². The highest BCUT2D eigenvalue weighted by Crippen LogP contribution is 2.78. The Labute approximate surface area is 106 Å². The van der Waals surface area contributed by atoms with E-state index in [1.165, 1.54) is 25.7 Å². The molecule has 1 nitrogen and oxygen atoms in total. The molecule has 1 heterocycles. The predicted molar refractivity (Wildman–Crippen MR) is 70.9 cm³/mol. The summed E-state index contributed by atoms with van der Waals surface area (Å²) in [4.78, 5) is 0. The van der Waals surface area contributed by atoms with E-state index >= 15 is 0 Å². The SMILES string of the molecule is CC1C(C)C(C)(C)C23CCCCC2(O3)C1(C)C. The lowest BCUT2D eigenvalue weighted by Crippen LogP contribution is -2.60. The summed E-state index contributed by atoms with van der Waals surface area (Å²) in [5.74, 6) is 1.48. The fourth-order valence-corrected chi connectivity index (χ4v) is 5.46. The Morgan fingerprint density at radius 2 is 1.12 bits per heavy atom. The van der Waals surface area contributed by atoms with Crippen molar-refractivity contribution < 1.29 is 4.74 Å². The minimum absolute atomic E-state index is 0.202. The smallest absolute Gasteiger partial charge is 0.104 e. The molecule has 2 saturated carbocycles. The Bertz CT molecular complexity index is 323. The van der Waals surface area contributed by atoms with Crippen LogP contribution in [0.3, 0.4) is 0 Å². The van der Waals surface area contributed by atoms with Crippen molar-refractivity contribution in [3.8, 4) is 0 Å². The normalized spacial score (nSPS) is 54.7. The summed E-state index contributed by atoms with van der Waals surface area (Å²) < 4.78 is 6.59. The van der Waals surface area contributed by atoms with E-state index in [1.54, 1.807) is 0 Å². The second-order valence-corrected chi connectivity index (χ2v) is 7.98. The molecule has 0 aromatic heterocycles. The highest BCUT2D eigenvalue weighted by molar-refractivity contribution is 5.32. The molecule has 1 heteroatoms. The zero-order valence-electron chi connectivity index (χ0n) is 12.4. The van der Waals surface area contributed by atoms with Crippen molar-refractivity contribution in [1.82, 2.24) is 0 Å².